The first-order valence-electron chi connectivity index (χ1n) is 8.38. The molecule has 1 N–H and O–H groups in total. The third-order valence-corrected chi connectivity index (χ3v) is 4.48. The number of rotatable bonds is 2. The van der Waals surface area contributed by atoms with Crippen molar-refractivity contribution in [1.82, 2.24) is 4.90 Å². The lowest BCUT2D eigenvalue weighted by molar-refractivity contribution is 0.174. The van der Waals surface area contributed by atoms with Crippen LogP contribution in [0.5, 0.6) is 0 Å². The third-order valence-electron chi connectivity index (χ3n) is 4.48. The Kier molecular flexibility index (Phi) is 4.09. The van der Waals surface area contributed by atoms with E-state index in [2.05, 4.69) is 11.8 Å². The Bertz CT molecular complexity index is 893. The molecule has 132 valence electrons. The molecule has 1 saturated carbocycles. The standard InChI is InChI=1S/C20H16F2N2O2/c21-16-10-14(7-6-13-4-2-1-3-5-13)11-17(22)19(16)24-18(25)12-23(20(24)26)15-8-9-15/h1-5,10-11,15,18,25H,8-9,12H2. The summed E-state index contributed by atoms with van der Waals surface area (Å²) in [5.41, 5.74) is 0.353. The van der Waals surface area contributed by atoms with Gasteiger partial charge in [0.15, 0.2) is 17.9 Å². The molecular weight excluding hydrogens is 338 g/mol. The molecule has 1 aliphatic carbocycles. The molecule has 2 fully saturated rings. The van der Waals surface area contributed by atoms with Crippen LogP contribution in [-0.4, -0.2) is 34.9 Å². The van der Waals surface area contributed by atoms with Crippen LogP contribution in [0, 0.1) is 23.5 Å². The van der Waals surface area contributed by atoms with E-state index < -0.39 is 29.6 Å². The fourth-order valence-corrected chi connectivity index (χ4v) is 3.07. The number of halogens is 2. The second kappa shape index (κ2) is 6.43. The Balaban J connectivity index is 1.64. The van der Waals surface area contributed by atoms with Gasteiger partial charge >= 0.3 is 6.03 Å². The van der Waals surface area contributed by atoms with E-state index in [0.29, 0.717) is 0 Å². The molecule has 1 heterocycles. The number of anilines is 1. The highest BCUT2D eigenvalue weighted by atomic mass is 19.1. The Morgan fingerprint density at radius 1 is 1.00 bits per heavy atom. The van der Waals surface area contributed by atoms with Gasteiger partial charge < -0.3 is 10.0 Å². The molecule has 2 amide bonds. The number of amides is 2. The highest BCUT2D eigenvalue weighted by molar-refractivity contribution is 5.95. The fourth-order valence-electron chi connectivity index (χ4n) is 3.07. The number of β-amino-alcohol motifs (C(OH)–C–C–N with tert-alkyl or cyclic N) is 1. The predicted molar refractivity (Wildman–Crippen MR) is 92.4 cm³/mol. The zero-order valence-electron chi connectivity index (χ0n) is 13.8. The number of carbonyl (C=O) groups excluding carboxylic acids is 1. The third kappa shape index (κ3) is 3.02. The molecule has 0 radical (unpaired) electrons. The van der Waals surface area contributed by atoms with Gasteiger partial charge in [-0.25, -0.2) is 13.6 Å². The molecule has 1 saturated heterocycles. The summed E-state index contributed by atoms with van der Waals surface area (Å²) in [6, 6.07) is 10.7. The quantitative estimate of drug-likeness (QED) is 0.843. The summed E-state index contributed by atoms with van der Waals surface area (Å²) in [4.78, 5) is 14.7. The lowest BCUT2D eigenvalue weighted by atomic mass is 10.1. The maximum atomic E-state index is 14.5. The molecule has 4 nitrogen and oxygen atoms in total. The molecule has 0 spiro atoms. The molecule has 0 aromatic heterocycles. The van der Waals surface area contributed by atoms with E-state index in [-0.39, 0.29) is 18.2 Å². The second-order valence-electron chi connectivity index (χ2n) is 6.42. The largest absolute Gasteiger partial charge is 0.371 e. The van der Waals surface area contributed by atoms with E-state index in [1.165, 1.54) is 4.90 Å². The summed E-state index contributed by atoms with van der Waals surface area (Å²) in [5.74, 6) is 3.70. The van der Waals surface area contributed by atoms with Gasteiger partial charge in [-0.1, -0.05) is 30.0 Å². The van der Waals surface area contributed by atoms with Gasteiger partial charge in [0.1, 0.15) is 5.69 Å². The Morgan fingerprint density at radius 3 is 2.23 bits per heavy atom. The van der Waals surface area contributed by atoms with Crippen LogP contribution in [0.3, 0.4) is 0 Å². The Hall–Kier alpha value is -2.91. The van der Waals surface area contributed by atoms with Crippen LogP contribution < -0.4 is 4.90 Å². The Morgan fingerprint density at radius 2 is 1.62 bits per heavy atom. The first kappa shape index (κ1) is 16.6. The lowest BCUT2D eigenvalue weighted by Gasteiger charge is -2.21. The summed E-state index contributed by atoms with van der Waals surface area (Å²) >= 11 is 0. The van der Waals surface area contributed by atoms with Crippen molar-refractivity contribution >= 4 is 11.7 Å². The molecule has 4 rings (SSSR count). The molecular formula is C20H16F2N2O2. The van der Waals surface area contributed by atoms with Crippen LogP contribution in [0.2, 0.25) is 0 Å². The van der Waals surface area contributed by atoms with Crippen molar-refractivity contribution in [2.45, 2.75) is 25.1 Å². The van der Waals surface area contributed by atoms with Crippen LogP contribution in [-0.2, 0) is 0 Å². The number of carbonyl (C=O) groups is 1. The second-order valence-corrected chi connectivity index (χ2v) is 6.42. The minimum absolute atomic E-state index is 0.0535. The lowest BCUT2D eigenvalue weighted by Crippen LogP contribution is -2.36. The van der Waals surface area contributed by atoms with Crippen LogP contribution in [0.1, 0.15) is 24.0 Å². The van der Waals surface area contributed by atoms with Crippen LogP contribution in [0.25, 0.3) is 0 Å². The SMILES string of the molecule is O=C1N(C2CC2)CC(O)N1c1c(F)cc(C#Cc2ccccc2)cc1F. The summed E-state index contributed by atoms with van der Waals surface area (Å²) in [5, 5.41) is 10.1. The molecule has 2 aromatic rings. The maximum absolute atomic E-state index is 14.5. The van der Waals surface area contributed by atoms with E-state index in [0.717, 1.165) is 35.4 Å². The molecule has 1 atom stereocenters. The Labute approximate surface area is 149 Å². The van der Waals surface area contributed by atoms with Gasteiger partial charge in [-0.15, -0.1) is 0 Å². The molecule has 1 aliphatic heterocycles. The van der Waals surface area contributed by atoms with Crippen molar-refractivity contribution in [3.63, 3.8) is 0 Å². The van der Waals surface area contributed by atoms with Crippen LogP contribution >= 0.6 is 0 Å². The minimum Gasteiger partial charge on any atom is -0.371 e. The average molecular weight is 354 g/mol. The van der Waals surface area contributed by atoms with Gasteiger partial charge in [0, 0.05) is 17.2 Å². The van der Waals surface area contributed by atoms with Crippen molar-refractivity contribution in [2.75, 3.05) is 11.4 Å². The molecule has 2 aromatic carbocycles. The normalized spacial score (nSPS) is 19.5. The highest BCUT2D eigenvalue weighted by Gasteiger charge is 2.45. The highest BCUT2D eigenvalue weighted by Crippen LogP contribution is 2.35. The van der Waals surface area contributed by atoms with E-state index in [4.69, 9.17) is 0 Å². The zero-order chi connectivity index (χ0) is 18.3. The summed E-state index contributed by atoms with van der Waals surface area (Å²) in [6.07, 6.45) is 0.435. The number of urea groups is 1. The number of aliphatic hydroxyl groups excluding tert-OH is 1. The number of aliphatic hydroxyl groups is 1. The minimum atomic E-state index is -1.27. The van der Waals surface area contributed by atoms with Crippen molar-refractivity contribution in [2.24, 2.45) is 0 Å². The number of hydrogen-bond acceptors (Lipinski definition) is 2. The van der Waals surface area contributed by atoms with Crippen molar-refractivity contribution in [1.29, 1.82) is 0 Å². The van der Waals surface area contributed by atoms with Gasteiger partial charge in [-0.3, -0.25) is 4.90 Å². The number of nitrogens with zero attached hydrogens (tertiary/aromatic N) is 2. The van der Waals surface area contributed by atoms with Gasteiger partial charge in [0.25, 0.3) is 0 Å². The van der Waals surface area contributed by atoms with Crippen LogP contribution in [0.4, 0.5) is 19.3 Å². The average Bonchev–Trinajstić information content (AvgIpc) is 3.42. The van der Waals surface area contributed by atoms with E-state index in [1.807, 2.05) is 18.2 Å². The maximum Gasteiger partial charge on any atom is 0.327 e. The summed E-state index contributed by atoms with van der Waals surface area (Å²) in [6.45, 7) is 0.0535. The van der Waals surface area contributed by atoms with E-state index in [9.17, 15) is 18.7 Å². The first-order chi connectivity index (χ1) is 12.5. The molecule has 1 unspecified atom stereocenters. The monoisotopic (exact) mass is 354 g/mol. The summed E-state index contributed by atoms with van der Waals surface area (Å²) < 4.78 is 29.1. The topological polar surface area (TPSA) is 43.8 Å². The van der Waals surface area contributed by atoms with Gasteiger partial charge in [0.05, 0.1) is 6.54 Å². The number of benzene rings is 2. The van der Waals surface area contributed by atoms with Gasteiger partial charge in [-0.2, -0.15) is 0 Å². The predicted octanol–water partition coefficient (Wildman–Crippen LogP) is 3.09. The number of hydrogen-bond donors (Lipinski definition) is 1. The van der Waals surface area contributed by atoms with Crippen molar-refractivity contribution in [3.05, 3.63) is 65.2 Å². The van der Waals surface area contributed by atoms with Crippen molar-refractivity contribution < 1.29 is 18.7 Å². The zero-order valence-corrected chi connectivity index (χ0v) is 13.8. The smallest absolute Gasteiger partial charge is 0.327 e. The van der Waals surface area contributed by atoms with E-state index in [1.54, 1.807) is 12.1 Å². The molecule has 6 heteroatoms. The van der Waals surface area contributed by atoms with Gasteiger partial charge in [0.2, 0.25) is 0 Å². The molecule has 2 aliphatic rings. The molecule has 0 bridgehead atoms. The van der Waals surface area contributed by atoms with Crippen molar-refractivity contribution in [3.8, 4) is 11.8 Å². The fraction of sp³-hybridized carbons (Fsp3) is 0.250. The van der Waals surface area contributed by atoms with Gasteiger partial charge in [-0.05, 0) is 37.1 Å². The molecule has 26 heavy (non-hydrogen) atoms. The van der Waals surface area contributed by atoms with E-state index >= 15 is 0 Å². The summed E-state index contributed by atoms with van der Waals surface area (Å²) in [7, 11) is 0. The van der Waals surface area contributed by atoms with Crippen LogP contribution in [0.15, 0.2) is 42.5 Å². The first-order valence-corrected chi connectivity index (χ1v) is 8.38.